The van der Waals surface area contributed by atoms with Crippen LogP contribution >= 0.6 is 0 Å². The number of hydrogen-bond donors (Lipinski definition) is 1. The number of ether oxygens (including phenoxy) is 2. The van der Waals surface area contributed by atoms with E-state index in [1.165, 1.54) is 11.0 Å². The van der Waals surface area contributed by atoms with Crippen molar-refractivity contribution in [2.45, 2.75) is 12.6 Å². The Bertz CT molecular complexity index is 587. The molecule has 0 bridgehead atoms. The van der Waals surface area contributed by atoms with E-state index in [0.29, 0.717) is 18.9 Å². The average Bonchev–Trinajstić information content (AvgIpc) is 2.98. The molecule has 0 saturated heterocycles. The predicted octanol–water partition coefficient (Wildman–Crippen LogP) is -0.371. The summed E-state index contributed by atoms with van der Waals surface area (Å²) in [5.74, 6) is 1.24. The zero-order chi connectivity index (χ0) is 13.8. The second-order valence-electron chi connectivity index (χ2n) is 4.31. The molecule has 0 aliphatic carbocycles. The highest BCUT2D eigenvalue weighted by Crippen LogP contribution is 2.30. The first-order chi connectivity index (χ1) is 9.81. The van der Waals surface area contributed by atoms with Gasteiger partial charge in [0.25, 0.3) is 0 Å². The number of carbonyl (C=O) groups is 1. The number of fused-ring (bicyclic) bond motifs is 1. The van der Waals surface area contributed by atoms with E-state index < -0.39 is 0 Å². The first-order valence-corrected chi connectivity index (χ1v) is 6.17. The first-order valence-electron chi connectivity index (χ1n) is 6.17. The van der Waals surface area contributed by atoms with Crippen LogP contribution in [0.2, 0.25) is 0 Å². The first kappa shape index (κ1) is 12.4. The van der Waals surface area contributed by atoms with E-state index >= 15 is 0 Å². The van der Waals surface area contributed by atoms with Crippen LogP contribution in [0.3, 0.4) is 0 Å². The lowest BCUT2D eigenvalue weighted by atomic mass is 10.2. The zero-order valence-electron chi connectivity index (χ0n) is 10.6. The van der Waals surface area contributed by atoms with Crippen LogP contribution in [0.25, 0.3) is 0 Å². The molecule has 0 spiro atoms. The highest BCUT2D eigenvalue weighted by Gasteiger charge is 2.20. The number of benzene rings is 1. The van der Waals surface area contributed by atoms with Crippen LogP contribution in [0.4, 0.5) is 0 Å². The second kappa shape index (κ2) is 5.55. The van der Waals surface area contributed by atoms with Crippen LogP contribution in [0.1, 0.15) is 0 Å². The molecule has 1 amide bonds. The largest absolute Gasteiger partial charge is 0.486 e. The number of nitrogens with zero attached hydrogens (tertiary/aromatic N) is 4. The SMILES string of the molecule is O=C(Cn1cnnn1)NC[C@H]1COc2ccccc2O1. The Kier molecular flexibility index (Phi) is 3.44. The van der Waals surface area contributed by atoms with Crippen LogP contribution in [0.15, 0.2) is 30.6 Å². The van der Waals surface area contributed by atoms with Gasteiger partial charge in [0.1, 0.15) is 25.6 Å². The monoisotopic (exact) mass is 275 g/mol. The van der Waals surface area contributed by atoms with Crippen LogP contribution in [0.5, 0.6) is 11.5 Å². The van der Waals surface area contributed by atoms with E-state index in [1.54, 1.807) is 0 Å². The molecule has 2 heterocycles. The highest BCUT2D eigenvalue weighted by molar-refractivity contribution is 5.75. The summed E-state index contributed by atoms with van der Waals surface area (Å²) in [6.45, 7) is 0.856. The number of amides is 1. The Morgan fingerprint density at radius 3 is 3.05 bits per heavy atom. The number of hydrogen-bond acceptors (Lipinski definition) is 6. The summed E-state index contributed by atoms with van der Waals surface area (Å²) in [5, 5.41) is 13.3. The molecule has 1 aliphatic rings. The van der Waals surface area contributed by atoms with Crippen molar-refractivity contribution in [3.8, 4) is 11.5 Å². The zero-order valence-corrected chi connectivity index (χ0v) is 10.6. The number of carbonyl (C=O) groups excluding carboxylic acids is 1. The third-order valence-corrected chi connectivity index (χ3v) is 2.79. The minimum atomic E-state index is -0.206. The summed E-state index contributed by atoms with van der Waals surface area (Å²) in [4.78, 5) is 11.7. The fraction of sp³-hybridized carbons (Fsp3) is 0.333. The molecule has 2 aromatic rings. The lowest BCUT2D eigenvalue weighted by Crippen LogP contribution is -2.41. The number of tetrazole rings is 1. The molecule has 8 nitrogen and oxygen atoms in total. The van der Waals surface area contributed by atoms with Crippen molar-refractivity contribution < 1.29 is 14.3 Å². The van der Waals surface area contributed by atoms with Gasteiger partial charge in [0.2, 0.25) is 5.91 Å². The molecule has 8 heteroatoms. The second-order valence-corrected chi connectivity index (χ2v) is 4.31. The van der Waals surface area contributed by atoms with Crippen LogP contribution < -0.4 is 14.8 Å². The van der Waals surface area contributed by atoms with Gasteiger partial charge in [-0.3, -0.25) is 4.79 Å². The highest BCUT2D eigenvalue weighted by atomic mass is 16.6. The molecule has 0 saturated carbocycles. The van der Waals surface area contributed by atoms with Gasteiger partial charge in [-0.2, -0.15) is 0 Å². The van der Waals surface area contributed by atoms with Crippen molar-refractivity contribution in [1.82, 2.24) is 25.5 Å². The summed E-state index contributed by atoms with van der Waals surface area (Å²) in [6.07, 6.45) is 1.18. The van der Waals surface area contributed by atoms with Gasteiger partial charge in [-0.15, -0.1) is 5.10 Å². The average molecular weight is 275 g/mol. The molecule has 0 fully saturated rings. The molecular formula is C12H13N5O3. The van der Waals surface area contributed by atoms with Gasteiger partial charge in [-0.25, -0.2) is 4.68 Å². The minimum absolute atomic E-state index is 0.0805. The topological polar surface area (TPSA) is 91.2 Å². The standard InChI is InChI=1S/C12H13N5O3/c18-12(6-17-8-14-15-16-17)13-5-9-7-19-10-3-1-2-4-11(10)20-9/h1-4,8-9H,5-7H2,(H,13,18)/t9-/m0/s1. The molecule has 1 aromatic heterocycles. The maximum absolute atomic E-state index is 11.7. The molecule has 1 atom stereocenters. The molecule has 20 heavy (non-hydrogen) atoms. The molecule has 1 N–H and O–H groups in total. The van der Waals surface area contributed by atoms with Crippen molar-refractivity contribution >= 4 is 5.91 Å². The maximum Gasteiger partial charge on any atom is 0.242 e. The normalized spacial score (nSPS) is 16.7. The number of aromatic nitrogens is 4. The Hall–Kier alpha value is -2.64. The van der Waals surface area contributed by atoms with E-state index in [1.807, 2.05) is 24.3 Å². The van der Waals surface area contributed by atoms with Crippen molar-refractivity contribution in [3.05, 3.63) is 30.6 Å². The summed E-state index contributed by atoms with van der Waals surface area (Å²) < 4.78 is 12.6. The smallest absolute Gasteiger partial charge is 0.242 e. The molecule has 1 aliphatic heterocycles. The van der Waals surface area contributed by atoms with Crippen molar-refractivity contribution in [1.29, 1.82) is 0 Å². The van der Waals surface area contributed by atoms with E-state index in [-0.39, 0.29) is 18.6 Å². The Morgan fingerprint density at radius 2 is 2.25 bits per heavy atom. The third-order valence-electron chi connectivity index (χ3n) is 2.79. The van der Waals surface area contributed by atoms with E-state index in [2.05, 4.69) is 20.8 Å². The number of para-hydroxylation sites is 2. The summed E-state index contributed by atoms with van der Waals surface area (Å²) in [5.41, 5.74) is 0. The van der Waals surface area contributed by atoms with Crippen LogP contribution in [-0.4, -0.2) is 45.4 Å². The van der Waals surface area contributed by atoms with Crippen molar-refractivity contribution in [3.63, 3.8) is 0 Å². The Morgan fingerprint density at radius 1 is 1.40 bits per heavy atom. The maximum atomic E-state index is 11.7. The molecular weight excluding hydrogens is 262 g/mol. The molecule has 0 radical (unpaired) electrons. The number of rotatable bonds is 4. The van der Waals surface area contributed by atoms with Gasteiger partial charge in [0.15, 0.2) is 11.5 Å². The fourth-order valence-corrected chi connectivity index (χ4v) is 1.85. The molecule has 0 unspecified atom stereocenters. The van der Waals surface area contributed by atoms with Crippen LogP contribution in [-0.2, 0) is 11.3 Å². The fourth-order valence-electron chi connectivity index (χ4n) is 1.85. The van der Waals surface area contributed by atoms with Gasteiger partial charge < -0.3 is 14.8 Å². The lowest BCUT2D eigenvalue weighted by Gasteiger charge is -2.26. The van der Waals surface area contributed by atoms with Crippen molar-refractivity contribution in [2.24, 2.45) is 0 Å². The molecule has 1 aromatic carbocycles. The summed E-state index contributed by atoms with van der Waals surface area (Å²) >= 11 is 0. The summed E-state index contributed by atoms with van der Waals surface area (Å²) in [6, 6.07) is 7.45. The van der Waals surface area contributed by atoms with Gasteiger partial charge in [-0.1, -0.05) is 12.1 Å². The van der Waals surface area contributed by atoms with Gasteiger partial charge in [0.05, 0.1) is 6.54 Å². The van der Waals surface area contributed by atoms with Gasteiger partial charge in [0, 0.05) is 0 Å². The minimum Gasteiger partial charge on any atom is -0.486 e. The quantitative estimate of drug-likeness (QED) is 0.818. The Labute approximate surface area is 114 Å². The third kappa shape index (κ3) is 2.85. The van der Waals surface area contributed by atoms with Gasteiger partial charge >= 0.3 is 0 Å². The van der Waals surface area contributed by atoms with E-state index in [0.717, 1.165) is 5.75 Å². The van der Waals surface area contributed by atoms with Gasteiger partial charge in [-0.05, 0) is 22.6 Å². The van der Waals surface area contributed by atoms with Crippen molar-refractivity contribution in [2.75, 3.05) is 13.2 Å². The lowest BCUT2D eigenvalue weighted by molar-refractivity contribution is -0.122. The molecule has 3 rings (SSSR count). The predicted molar refractivity (Wildman–Crippen MR) is 67.2 cm³/mol. The summed E-state index contributed by atoms with van der Waals surface area (Å²) in [7, 11) is 0. The molecule has 104 valence electrons. The van der Waals surface area contributed by atoms with Crippen LogP contribution in [0, 0.1) is 0 Å². The number of nitrogens with one attached hydrogen (secondary N) is 1. The van der Waals surface area contributed by atoms with E-state index in [9.17, 15) is 4.79 Å². The Balaban J connectivity index is 1.49. The van der Waals surface area contributed by atoms with E-state index in [4.69, 9.17) is 9.47 Å².